The molecule has 0 aliphatic carbocycles. The Morgan fingerprint density at radius 3 is 3.00 bits per heavy atom. The molecule has 0 radical (unpaired) electrons. The Kier molecular flexibility index (Phi) is 4.31. The molecule has 4 heteroatoms. The zero-order valence-electron chi connectivity index (χ0n) is 10.6. The average molecular weight is 250 g/mol. The van der Waals surface area contributed by atoms with Crippen molar-refractivity contribution in [2.75, 3.05) is 13.1 Å². The van der Waals surface area contributed by atoms with Crippen molar-refractivity contribution < 1.29 is 9.18 Å². The monoisotopic (exact) mass is 250 g/mol. The molecule has 1 aromatic rings. The maximum atomic E-state index is 13.2. The molecule has 0 spiro atoms. The minimum absolute atomic E-state index is 0.199. The number of amides is 1. The highest BCUT2D eigenvalue weighted by atomic mass is 19.1. The number of rotatable bonds is 4. The summed E-state index contributed by atoms with van der Waals surface area (Å²) in [5.74, 6) is -0.562. The van der Waals surface area contributed by atoms with Crippen molar-refractivity contribution in [3.05, 3.63) is 35.1 Å². The second kappa shape index (κ2) is 5.96. The largest absolute Gasteiger partial charge is 0.352 e. The maximum absolute atomic E-state index is 13.2. The molecule has 1 saturated heterocycles. The van der Waals surface area contributed by atoms with Gasteiger partial charge < -0.3 is 10.6 Å². The van der Waals surface area contributed by atoms with Crippen LogP contribution in [0.15, 0.2) is 18.2 Å². The van der Waals surface area contributed by atoms with Gasteiger partial charge in [0.05, 0.1) is 0 Å². The number of benzene rings is 1. The van der Waals surface area contributed by atoms with Gasteiger partial charge in [0.1, 0.15) is 5.82 Å². The number of aryl methyl sites for hydroxylation is 1. The fraction of sp³-hybridized carbons (Fsp3) is 0.500. The van der Waals surface area contributed by atoms with E-state index in [1.165, 1.54) is 25.0 Å². The standard InChI is InChI=1S/C14H19FN2O/c1-10-7-11(9-12(15)8-10)14(18)17-6-4-13-3-2-5-16-13/h7-9,13,16H,2-6H2,1H3,(H,17,18)/t13-/m1/s1. The van der Waals surface area contributed by atoms with Crippen LogP contribution in [-0.4, -0.2) is 25.0 Å². The quantitative estimate of drug-likeness (QED) is 0.858. The molecule has 0 bridgehead atoms. The lowest BCUT2D eigenvalue weighted by molar-refractivity contribution is 0.0952. The van der Waals surface area contributed by atoms with Gasteiger partial charge in [0.15, 0.2) is 0 Å². The van der Waals surface area contributed by atoms with Crippen molar-refractivity contribution in [1.82, 2.24) is 10.6 Å². The fourth-order valence-corrected chi connectivity index (χ4v) is 2.33. The molecule has 1 aliphatic heterocycles. The Balaban J connectivity index is 1.83. The van der Waals surface area contributed by atoms with Crippen LogP contribution in [-0.2, 0) is 0 Å². The first-order valence-corrected chi connectivity index (χ1v) is 6.44. The number of nitrogens with one attached hydrogen (secondary N) is 2. The van der Waals surface area contributed by atoms with Gasteiger partial charge >= 0.3 is 0 Å². The molecule has 1 aliphatic rings. The SMILES string of the molecule is Cc1cc(F)cc(C(=O)NCC[C@H]2CCCN2)c1. The zero-order chi connectivity index (χ0) is 13.0. The van der Waals surface area contributed by atoms with Gasteiger partial charge in [0, 0.05) is 18.2 Å². The number of hydrogen-bond donors (Lipinski definition) is 2. The molecule has 18 heavy (non-hydrogen) atoms. The van der Waals surface area contributed by atoms with E-state index in [4.69, 9.17) is 0 Å². The summed E-state index contributed by atoms with van der Waals surface area (Å²) in [4.78, 5) is 11.8. The third kappa shape index (κ3) is 3.53. The lowest BCUT2D eigenvalue weighted by Gasteiger charge is -2.11. The summed E-state index contributed by atoms with van der Waals surface area (Å²) in [6, 6.07) is 4.90. The van der Waals surface area contributed by atoms with E-state index >= 15 is 0 Å². The van der Waals surface area contributed by atoms with E-state index in [1.54, 1.807) is 13.0 Å². The lowest BCUT2D eigenvalue weighted by Crippen LogP contribution is -2.30. The highest BCUT2D eigenvalue weighted by Crippen LogP contribution is 2.09. The van der Waals surface area contributed by atoms with Gasteiger partial charge in [0.25, 0.3) is 5.91 Å². The van der Waals surface area contributed by atoms with Crippen LogP contribution in [0.2, 0.25) is 0 Å². The molecular formula is C14H19FN2O. The summed E-state index contributed by atoms with van der Waals surface area (Å²) in [5, 5.41) is 6.21. The van der Waals surface area contributed by atoms with Crippen LogP contribution in [0.3, 0.4) is 0 Å². The van der Waals surface area contributed by atoms with E-state index in [0.29, 0.717) is 18.2 Å². The highest BCUT2D eigenvalue weighted by molar-refractivity contribution is 5.94. The van der Waals surface area contributed by atoms with Crippen molar-refractivity contribution in [3.63, 3.8) is 0 Å². The van der Waals surface area contributed by atoms with Gasteiger partial charge in [0.2, 0.25) is 0 Å². The van der Waals surface area contributed by atoms with Crippen molar-refractivity contribution >= 4 is 5.91 Å². The van der Waals surface area contributed by atoms with Crippen LogP contribution < -0.4 is 10.6 Å². The van der Waals surface area contributed by atoms with Gasteiger partial charge in [-0.25, -0.2) is 4.39 Å². The smallest absolute Gasteiger partial charge is 0.251 e. The second-order valence-corrected chi connectivity index (χ2v) is 4.86. The van der Waals surface area contributed by atoms with Crippen LogP contribution in [0.1, 0.15) is 35.2 Å². The normalized spacial score (nSPS) is 18.9. The summed E-state index contributed by atoms with van der Waals surface area (Å²) in [6.45, 7) is 3.48. The molecule has 1 atom stereocenters. The van der Waals surface area contributed by atoms with Crippen LogP contribution in [0.4, 0.5) is 4.39 Å². The van der Waals surface area contributed by atoms with E-state index in [-0.39, 0.29) is 11.7 Å². The first kappa shape index (κ1) is 13.0. The maximum Gasteiger partial charge on any atom is 0.251 e. The molecule has 2 N–H and O–H groups in total. The molecule has 1 amide bonds. The van der Waals surface area contributed by atoms with Gasteiger partial charge in [-0.1, -0.05) is 0 Å². The third-order valence-corrected chi connectivity index (χ3v) is 3.25. The molecule has 0 aromatic heterocycles. The predicted molar refractivity (Wildman–Crippen MR) is 69.1 cm³/mol. The van der Waals surface area contributed by atoms with Crippen LogP contribution in [0.5, 0.6) is 0 Å². The molecule has 0 unspecified atom stereocenters. The van der Waals surface area contributed by atoms with Gasteiger partial charge in [-0.05, 0) is 56.5 Å². The van der Waals surface area contributed by atoms with Crippen LogP contribution in [0, 0.1) is 12.7 Å². The third-order valence-electron chi connectivity index (χ3n) is 3.25. The van der Waals surface area contributed by atoms with Gasteiger partial charge in [-0.3, -0.25) is 4.79 Å². The van der Waals surface area contributed by atoms with E-state index in [9.17, 15) is 9.18 Å². The van der Waals surface area contributed by atoms with E-state index in [2.05, 4.69) is 10.6 Å². The summed E-state index contributed by atoms with van der Waals surface area (Å²) in [7, 11) is 0. The van der Waals surface area contributed by atoms with Gasteiger partial charge in [-0.2, -0.15) is 0 Å². The minimum atomic E-state index is -0.363. The zero-order valence-corrected chi connectivity index (χ0v) is 10.6. The van der Waals surface area contributed by atoms with Crippen LogP contribution in [0.25, 0.3) is 0 Å². The molecule has 3 nitrogen and oxygen atoms in total. The van der Waals surface area contributed by atoms with E-state index in [0.717, 1.165) is 18.5 Å². The molecule has 2 rings (SSSR count). The summed E-state index contributed by atoms with van der Waals surface area (Å²) in [5.41, 5.74) is 1.16. The summed E-state index contributed by atoms with van der Waals surface area (Å²) < 4.78 is 13.2. The van der Waals surface area contributed by atoms with Crippen molar-refractivity contribution in [2.24, 2.45) is 0 Å². The minimum Gasteiger partial charge on any atom is -0.352 e. The summed E-state index contributed by atoms with van der Waals surface area (Å²) in [6.07, 6.45) is 3.32. The average Bonchev–Trinajstić information content (AvgIpc) is 2.80. The molecule has 1 heterocycles. The van der Waals surface area contributed by atoms with Crippen LogP contribution >= 0.6 is 0 Å². The second-order valence-electron chi connectivity index (χ2n) is 4.86. The topological polar surface area (TPSA) is 41.1 Å². The lowest BCUT2D eigenvalue weighted by atomic mass is 10.1. The fourth-order valence-electron chi connectivity index (χ4n) is 2.33. The molecule has 1 aromatic carbocycles. The number of hydrogen-bond acceptors (Lipinski definition) is 2. The Morgan fingerprint density at radius 1 is 1.50 bits per heavy atom. The Hall–Kier alpha value is -1.42. The van der Waals surface area contributed by atoms with Crippen molar-refractivity contribution in [2.45, 2.75) is 32.2 Å². The Labute approximate surface area is 107 Å². The van der Waals surface area contributed by atoms with Crippen molar-refractivity contribution in [1.29, 1.82) is 0 Å². The van der Waals surface area contributed by atoms with Gasteiger partial charge in [-0.15, -0.1) is 0 Å². The van der Waals surface area contributed by atoms with E-state index < -0.39 is 0 Å². The van der Waals surface area contributed by atoms with E-state index in [1.807, 2.05) is 0 Å². The predicted octanol–water partition coefficient (Wildman–Crippen LogP) is 2.01. The molecule has 98 valence electrons. The molecular weight excluding hydrogens is 231 g/mol. The highest BCUT2D eigenvalue weighted by Gasteiger charge is 2.14. The number of carbonyl (C=O) groups excluding carboxylic acids is 1. The number of carbonyl (C=O) groups is 1. The Bertz CT molecular complexity index is 408. The van der Waals surface area contributed by atoms with Crippen molar-refractivity contribution in [3.8, 4) is 0 Å². The Morgan fingerprint density at radius 2 is 2.33 bits per heavy atom. The molecule has 1 fully saturated rings. The molecule has 0 saturated carbocycles. The first-order chi connectivity index (χ1) is 8.65. The number of halogens is 1. The first-order valence-electron chi connectivity index (χ1n) is 6.44. The summed E-state index contributed by atoms with van der Waals surface area (Å²) >= 11 is 0.